The highest BCUT2D eigenvalue weighted by molar-refractivity contribution is 5.86. The molecule has 0 heterocycles. The van der Waals surface area contributed by atoms with E-state index in [4.69, 9.17) is 14.6 Å². The van der Waals surface area contributed by atoms with Crippen LogP contribution < -0.4 is 10.6 Å². The molecule has 0 aromatic rings. The largest absolute Gasteiger partial charge is 0.480 e. The van der Waals surface area contributed by atoms with Crippen molar-refractivity contribution in [3.05, 3.63) is 0 Å². The van der Waals surface area contributed by atoms with Crippen LogP contribution in [-0.4, -0.2) is 56.0 Å². The predicted molar refractivity (Wildman–Crippen MR) is 65.3 cm³/mol. The van der Waals surface area contributed by atoms with Crippen LogP contribution in [0, 0.1) is 0 Å². The van der Waals surface area contributed by atoms with E-state index in [1.807, 2.05) is 0 Å². The maximum atomic E-state index is 11.4. The normalized spacial score (nSPS) is 12.0. The van der Waals surface area contributed by atoms with Gasteiger partial charge in [-0.25, -0.2) is 0 Å². The fraction of sp³-hybridized carbons (Fsp3) is 0.727. The van der Waals surface area contributed by atoms with Crippen molar-refractivity contribution in [2.45, 2.75) is 32.1 Å². The number of hydrogen-bond donors (Lipinski definition) is 3. The van der Waals surface area contributed by atoms with Crippen molar-refractivity contribution in [3.63, 3.8) is 0 Å². The maximum absolute atomic E-state index is 11.4. The lowest BCUT2D eigenvalue weighted by Crippen LogP contribution is -2.39. The van der Waals surface area contributed by atoms with Gasteiger partial charge in [0.15, 0.2) is 6.29 Å². The minimum atomic E-state index is -1.12. The molecule has 0 aliphatic heterocycles. The molecule has 110 valence electrons. The number of ether oxygens (including phenoxy) is 2. The average molecular weight is 276 g/mol. The Morgan fingerprint density at radius 2 is 1.63 bits per heavy atom. The summed E-state index contributed by atoms with van der Waals surface area (Å²) in [6.45, 7) is 1.53. The monoisotopic (exact) mass is 276 g/mol. The number of amides is 2. The third-order valence-electron chi connectivity index (χ3n) is 2.32. The summed E-state index contributed by atoms with van der Waals surface area (Å²) in [5.74, 6) is -1.95. The smallest absolute Gasteiger partial charge is 0.325 e. The third-order valence-corrected chi connectivity index (χ3v) is 2.32. The Morgan fingerprint density at radius 3 is 2.11 bits per heavy atom. The molecule has 0 saturated heterocycles. The highest BCUT2D eigenvalue weighted by Gasteiger charge is 2.15. The molecule has 8 heteroatoms. The SMILES string of the molecule is COC(CNC(=O)CCC(=O)NC(C)C(=O)O)OC. The van der Waals surface area contributed by atoms with E-state index in [9.17, 15) is 14.4 Å². The summed E-state index contributed by atoms with van der Waals surface area (Å²) in [6.07, 6.45) is -0.642. The lowest BCUT2D eigenvalue weighted by atomic mass is 10.2. The van der Waals surface area contributed by atoms with E-state index >= 15 is 0 Å². The summed E-state index contributed by atoms with van der Waals surface area (Å²) in [4.78, 5) is 33.2. The highest BCUT2D eigenvalue weighted by Crippen LogP contribution is 1.93. The molecule has 0 rings (SSSR count). The standard InChI is InChI=1S/C11H20N2O6/c1-7(11(16)17)13-9(15)5-4-8(14)12-6-10(18-2)19-3/h7,10H,4-6H2,1-3H3,(H,12,14)(H,13,15)(H,16,17). The van der Waals surface area contributed by atoms with Crippen LogP contribution in [0.1, 0.15) is 19.8 Å². The number of hydrogen-bond acceptors (Lipinski definition) is 5. The Kier molecular flexibility index (Phi) is 8.47. The van der Waals surface area contributed by atoms with E-state index in [0.29, 0.717) is 0 Å². The molecule has 8 nitrogen and oxygen atoms in total. The fourth-order valence-corrected chi connectivity index (χ4v) is 1.15. The Hall–Kier alpha value is -1.67. The number of methoxy groups -OCH3 is 2. The number of rotatable bonds is 9. The molecule has 0 bridgehead atoms. The fourth-order valence-electron chi connectivity index (χ4n) is 1.15. The number of nitrogens with one attached hydrogen (secondary N) is 2. The van der Waals surface area contributed by atoms with Gasteiger partial charge in [0.1, 0.15) is 6.04 Å². The van der Waals surface area contributed by atoms with E-state index in [2.05, 4.69) is 10.6 Å². The molecule has 2 amide bonds. The van der Waals surface area contributed by atoms with Crippen molar-refractivity contribution in [2.24, 2.45) is 0 Å². The minimum absolute atomic E-state index is 0.0294. The van der Waals surface area contributed by atoms with Gasteiger partial charge in [-0.3, -0.25) is 14.4 Å². The first-order valence-electron chi connectivity index (χ1n) is 5.75. The molecule has 0 radical (unpaired) electrons. The molecule has 0 aromatic carbocycles. The van der Waals surface area contributed by atoms with Crippen LogP contribution in [0.25, 0.3) is 0 Å². The van der Waals surface area contributed by atoms with Crippen molar-refractivity contribution in [3.8, 4) is 0 Å². The van der Waals surface area contributed by atoms with Gasteiger partial charge in [-0.05, 0) is 6.92 Å². The summed E-state index contributed by atoms with van der Waals surface area (Å²) in [5.41, 5.74) is 0. The van der Waals surface area contributed by atoms with Crippen LogP contribution in [0.3, 0.4) is 0 Å². The van der Waals surface area contributed by atoms with Crippen molar-refractivity contribution in [2.75, 3.05) is 20.8 Å². The van der Waals surface area contributed by atoms with Gasteiger partial charge < -0.3 is 25.2 Å². The maximum Gasteiger partial charge on any atom is 0.325 e. The lowest BCUT2D eigenvalue weighted by molar-refractivity contribution is -0.141. The van der Waals surface area contributed by atoms with E-state index in [1.165, 1.54) is 21.1 Å². The molecule has 19 heavy (non-hydrogen) atoms. The van der Waals surface area contributed by atoms with E-state index < -0.39 is 24.2 Å². The number of carbonyl (C=O) groups is 3. The molecule has 0 aromatic heterocycles. The summed E-state index contributed by atoms with van der Waals surface area (Å²) < 4.78 is 9.75. The number of carbonyl (C=O) groups excluding carboxylic acids is 2. The van der Waals surface area contributed by atoms with Crippen LogP contribution in [0.15, 0.2) is 0 Å². The molecule has 1 unspecified atom stereocenters. The van der Waals surface area contributed by atoms with Crippen LogP contribution in [-0.2, 0) is 23.9 Å². The molecule has 0 fully saturated rings. The third kappa shape index (κ3) is 8.11. The summed E-state index contributed by atoms with van der Waals surface area (Å²) in [7, 11) is 2.89. The average Bonchev–Trinajstić information content (AvgIpc) is 2.37. The molecular weight excluding hydrogens is 256 g/mol. The van der Waals surface area contributed by atoms with Crippen LogP contribution in [0.2, 0.25) is 0 Å². The van der Waals surface area contributed by atoms with Gasteiger partial charge in [0.2, 0.25) is 11.8 Å². The topological polar surface area (TPSA) is 114 Å². The zero-order chi connectivity index (χ0) is 14.8. The second-order valence-corrected chi connectivity index (χ2v) is 3.83. The minimum Gasteiger partial charge on any atom is -0.480 e. The molecule has 0 aliphatic rings. The number of carboxylic acid groups (broad SMARTS) is 1. The second-order valence-electron chi connectivity index (χ2n) is 3.83. The zero-order valence-electron chi connectivity index (χ0n) is 11.3. The van der Waals surface area contributed by atoms with E-state index in [-0.39, 0.29) is 25.3 Å². The van der Waals surface area contributed by atoms with Gasteiger partial charge in [0, 0.05) is 27.1 Å². The second kappa shape index (κ2) is 9.29. The molecule has 0 spiro atoms. The van der Waals surface area contributed by atoms with Gasteiger partial charge in [-0.1, -0.05) is 0 Å². The van der Waals surface area contributed by atoms with Gasteiger partial charge in [0.25, 0.3) is 0 Å². The van der Waals surface area contributed by atoms with E-state index in [1.54, 1.807) is 0 Å². The molecule has 1 atom stereocenters. The molecule has 0 aliphatic carbocycles. The predicted octanol–water partition coefficient (Wildman–Crippen LogP) is -0.909. The molecular formula is C11H20N2O6. The van der Waals surface area contributed by atoms with E-state index in [0.717, 1.165) is 0 Å². The van der Waals surface area contributed by atoms with Crippen molar-refractivity contribution in [1.29, 1.82) is 0 Å². The Labute approximate surface area is 111 Å². The lowest BCUT2D eigenvalue weighted by Gasteiger charge is -2.14. The van der Waals surface area contributed by atoms with Gasteiger partial charge in [0.05, 0.1) is 6.54 Å². The highest BCUT2D eigenvalue weighted by atomic mass is 16.7. The first-order chi connectivity index (χ1) is 8.90. The van der Waals surface area contributed by atoms with Crippen LogP contribution in [0.5, 0.6) is 0 Å². The first kappa shape index (κ1) is 17.3. The van der Waals surface area contributed by atoms with Crippen LogP contribution >= 0.6 is 0 Å². The van der Waals surface area contributed by atoms with Crippen molar-refractivity contribution in [1.82, 2.24) is 10.6 Å². The molecule has 3 N–H and O–H groups in total. The first-order valence-corrected chi connectivity index (χ1v) is 5.75. The summed E-state index contributed by atoms with van der Waals surface area (Å²) in [5, 5.41) is 13.4. The van der Waals surface area contributed by atoms with Gasteiger partial charge in [-0.15, -0.1) is 0 Å². The molecule has 0 saturated carbocycles. The van der Waals surface area contributed by atoms with Gasteiger partial charge in [-0.2, -0.15) is 0 Å². The van der Waals surface area contributed by atoms with Crippen LogP contribution in [0.4, 0.5) is 0 Å². The Balaban J connectivity index is 3.84. The van der Waals surface area contributed by atoms with Gasteiger partial charge >= 0.3 is 5.97 Å². The summed E-state index contributed by atoms with van der Waals surface area (Å²) in [6, 6.07) is -0.970. The van der Waals surface area contributed by atoms with Crippen molar-refractivity contribution >= 4 is 17.8 Å². The quantitative estimate of drug-likeness (QED) is 0.470. The number of carboxylic acids is 1. The summed E-state index contributed by atoms with van der Waals surface area (Å²) >= 11 is 0. The van der Waals surface area contributed by atoms with Crippen molar-refractivity contribution < 1.29 is 29.0 Å². The Morgan fingerprint density at radius 1 is 1.11 bits per heavy atom. The zero-order valence-corrected chi connectivity index (χ0v) is 11.3. The number of aliphatic carboxylic acids is 1. The Bertz CT molecular complexity index is 316.